The van der Waals surface area contributed by atoms with Gasteiger partial charge in [-0.15, -0.1) is 0 Å². The first kappa shape index (κ1) is 15.5. The fourth-order valence-electron chi connectivity index (χ4n) is 1.63. The highest BCUT2D eigenvalue weighted by Crippen LogP contribution is 2.22. The smallest absolute Gasteiger partial charge is 0.267 e. The van der Waals surface area contributed by atoms with Crippen molar-refractivity contribution in [1.29, 1.82) is 0 Å². The molecule has 108 valence electrons. The first-order valence-electron chi connectivity index (χ1n) is 6.03. The van der Waals surface area contributed by atoms with E-state index in [-0.39, 0.29) is 5.56 Å². The second-order valence-electron chi connectivity index (χ2n) is 4.25. The van der Waals surface area contributed by atoms with Crippen molar-refractivity contribution in [1.82, 2.24) is 5.43 Å². The molecule has 6 heteroatoms. The van der Waals surface area contributed by atoms with Gasteiger partial charge in [0, 0.05) is 0 Å². The Labute approximate surface area is 131 Å². The maximum absolute atomic E-state index is 13.4. The van der Waals surface area contributed by atoms with E-state index < -0.39 is 11.7 Å². The molecule has 0 fully saturated rings. The SMILES string of the molecule is CC(=NNC(=O)c1ccccc1F)c1ccc(Cl)c(Cl)c1. The lowest BCUT2D eigenvalue weighted by Crippen LogP contribution is -2.20. The summed E-state index contributed by atoms with van der Waals surface area (Å²) >= 11 is 11.7. The molecule has 0 unspecified atom stereocenters. The molecule has 3 nitrogen and oxygen atoms in total. The predicted molar refractivity (Wildman–Crippen MR) is 82.5 cm³/mol. The van der Waals surface area contributed by atoms with Crippen molar-refractivity contribution < 1.29 is 9.18 Å². The average molecular weight is 325 g/mol. The maximum atomic E-state index is 13.4. The zero-order valence-electron chi connectivity index (χ0n) is 11.0. The summed E-state index contributed by atoms with van der Waals surface area (Å²) in [4.78, 5) is 11.8. The van der Waals surface area contributed by atoms with Gasteiger partial charge in [0.25, 0.3) is 5.91 Å². The fourth-order valence-corrected chi connectivity index (χ4v) is 1.92. The molecule has 0 heterocycles. The summed E-state index contributed by atoms with van der Waals surface area (Å²) in [5, 5.41) is 4.76. The molecule has 1 amide bonds. The number of amides is 1. The van der Waals surface area contributed by atoms with Crippen LogP contribution in [0.1, 0.15) is 22.8 Å². The zero-order chi connectivity index (χ0) is 15.4. The Morgan fingerprint density at radius 3 is 2.52 bits per heavy atom. The van der Waals surface area contributed by atoms with E-state index in [1.807, 2.05) is 0 Å². The number of halogens is 3. The third-order valence-corrected chi connectivity index (χ3v) is 3.52. The van der Waals surface area contributed by atoms with Gasteiger partial charge in [-0.25, -0.2) is 9.82 Å². The van der Waals surface area contributed by atoms with Gasteiger partial charge in [-0.2, -0.15) is 5.10 Å². The third-order valence-electron chi connectivity index (χ3n) is 2.78. The molecule has 0 radical (unpaired) electrons. The lowest BCUT2D eigenvalue weighted by Gasteiger charge is -2.05. The summed E-state index contributed by atoms with van der Waals surface area (Å²) < 4.78 is 13.4. The van der Waals surface area contributed by atoms with Gasteiger partial charge in [0.2, 0.25) is 0 Å². The number of hydrogen-bond acceptors (Lipinski definition) is 2. The highest BCUT2D eigenvalue weighted by atomic mass is 35.5. The van der Waals surface area contributed by atoms with Crippen LogP contribution < -0.4 is 5.43 Å². The van der Waals surface area contributed by atoms with Crippen LogP contribution in [0.2, 0.25) is 10.0 Å². The van der Waals surface area contributed by atoms with E-state index in [9.17, 15) is 9.18 Å². The molecule has 0 saturated heterocycles. The molecular weight excluding hydrogens is 314 g/mol. The lowest BCUT2D eigenvalue weighted by molar-refractivity contribution is 0.0951. The molecule has 2 aromatic rings. The summed E-state index contributed by atoms with van der Waals surface area (Å²) in [7, 11) is 0. The van der Waals surface area contributed by atoms with Crippen molar-refractivity contribution in [2.75, 3.05) is 0 Å². The Hall–Kier alpha value is -1.91. The van der Waals surface area contributed by atoms with Crippen molar-refractivity contribution in [2.24, 2.45) is 5.10 Å². The minimum atomic E-state index is -0.618. The van der Waals surface area contributed by atoms with Gasteiger partial charge >= 0.3 is 0 Å². The van der Waals surface area contributed by atoms with Crippen molar-refractivity contribution in [3.8, 4) is 0 Å². The molecule has 0 aliphatic heterocycles. The normalized spacial score (nSPS) is 11.3. The van der Waals surface area contributed by atoms with Crippen molar-refractivity contribution in [3.63, 3.8) is 0 Å². The van der Waals surface area contributed by atoms with Crippen molar-refractivity contribution >= 4 is 34.8 Å². The number of hydrogen-bond donors (Lipinski definition) is 1. The van der Waals surface area contributed by atoms with Crippen LogP contribution >= 0.6 is 23.2 Å². The third kappa shape index (κ3) is 3.80. The first-order chi connectivity index (χ1) is 9.99. The number of benzene rings is 2. The Morgan fingerprint density at radius 1 is 1.14 bits per heavy atom. The standard InChI is InChI=1S/C15H11Cl2FN2O/c1-9(10-6-7-12(16)13(17)8-10)19-20-15(21)11-4-2-3-5-14(11)18/h2-8H,1H3,(H,20,21). The van der Waals surface area contributed by atoms with Gasteiger partial charge in [0.05, 0.1) is 21.3 Å². The number of carbonyl (C=O) groups excluding carboxylic acids is 1. The average Bonchev–Trinajstić information content (AvgIpc) is 2.47. The molecule has 2 aromatic carbocycles. The van der Waals surface area contributed by atoms with Crippen LogP contribution in [0.5, 0.6) is 0 Å². The molecule has 2 rings (SSSR count). The van der Waals surface area contributed by atoms with Gasteiger partial charge in [-0.05, 0) is 36.8 Å². The lowest BCUT2D eigenvalue weighted by atomic mass is 10.1. The summed E-state index contributed by atoms with van der Waals surface area (Å²) in [5.74, 6) is -1.22. The highest BCUT2D eigenvalue weighted by molar-refractivity contribution is 6.42. The van der Waals surface area contributed by atoms with E-state index >= 15 is 0 Å². The molecule has 0 bridgehead atoms. The van der Waals surface area contributed by atoms with Crippen molar-refractivity contribution in [3.05, 3.63) is 69.5 Å². The van der Waals surface area contributed by atoms with Gasteiger partial charge < -0.3 is 0 Å². The molecule has 0 aliphatic rings. The molecule has 0 aromatic heterocycles. The van der Waals surface area contributed by atoms with Gasteiger partial charge in [-0.1, -0.05) is 41.4 Å². The number of carbonyl (C=O) groups is 1. The molecule has 0 spiro atoms. The van der Waals surface area contributed by atoms with Crippen LogP contribution in [0.4, 0.5) is 4.39 Å². The molecule has 21 heavy (non-hydrogen) atoms. The summed E-state index contributed by atoms with van der Waals surface area (Å²) in [6, 6.07) is 10.7. The maximum Gasteiger partial charge on any atom is 0.274 e. The van der Waals surface area contributed by atoms with E-state index in [0.717, 1.165) is 0 Å². The van der Waals surface area contributed by atoms with E-state index in [1.54, 1.807) is 31.2 Å². The minimum Gasteiger partial charge on any atom is -0.267 e. The minimum absolute atomic E-state index is 0.0665. The second kappa shape index (κ2) is 6.70. The predicted octanol–water partition coefficient (Wildman–Crippen LogP) is 4.29. The molecule has 0 saturated carbocycles. The topological polar surface area (TPSA) is 41.5 Å². The Balaban J connectivity index is 2.15. The van der Waals surface area contributed by atoms with E-state index in [4.69, 9.17) is 23.2 Å². The van der Waals surface area contributed by atoms with Crippen LogP contribution in [-0.2, 0) is 0 Å². The largest absolute Gasteiger partial charge is 0.274 e. The molecule has 0 aliphatic carbocycles. The van der Waals surface area contributed by atoms with Crippen LogP contribution in [0.25, 0.3) is 0 Å². The fraction of sp³-hybridized carbons (Fsp3) is 0.0667. The summed E-state index contributed by atoms with van der Waals surface area (Å²) in [6.07, 6.45) is 0. The monoisotopic (exact) mass is 324 g/mol. The Kier molecular flexibility index (Phi) is 4.94. The van der Waals surface area contributed by atoms with E-state index in [2.05, 4.69) is 10.5 Å². The number of hydrazone groups is 1. The van der Waals surface area contributed by atoms with E-state index in [0.29, 0.717) is 21.3 Å². The number of rotatable bonds is 3. The summed E-state index contributed by atoms with van der Waals surface area (Å²) in [6.45, 7) is 1.70. The molecule has 1 N–H and O–H groups in total. The molecule has 0 atom stereocenters. The summed E-state index contributed by atoms with van der Waals surface area (Å²) in [5.41, 5.74) is 3.47. The van der Waals surface area contributed by atoms with Gasteiger partial charge in [0.1, 0.15) is 5.82 Å². The first-order valence-corrected chi connectivity index (χ1v) is 6.79. The number of nitrogens with zero attached hydrogens (tertiary/aromatic N) is 1. The van der Waals surface area contributed by atoms with Gasteiger partial charge in [-0.3, -0.25) is 4.79 Å². The van der Waals surface area contributed by atoms with Crippen LogP contribution in [-0.4, -0.2) is 11.6 Å². The van der Waals surface area contributed by atoms with Crippen LogP contribution in [0.3, 0.4) is 0 Å². The van der Waals surface area contributed by atoms with E-state index in [1.165, 1.54) is 18.2 Å². The van der Waals surface area contributed by atoms with Crippen LogP contribution in [0.15, 0.2) is 47.6 Å². The Morgan fingerprint density at radius 2 is 1.86 bits per heavy atom. The number of nitrogens with one attached hydrogen (secondary N) is 1. The zero-order valence-corrected chi connectivity index (χ0v) is 12.5. The quantitative estimate of drug-likeness (QED) is 0.664. The van der Waals surface area contributed by atoms with Crippen molar-refractivity contribution in [2.45, 2.75) is 6.92 Å². The second-order valence-corrected chi connectivity index (χ2v) is 5.06. The Bertz CT molecular complexity index is 717. The van der Waals surface area contributed by atoms with Crippen LogP contribution in [0, 0.1) is 5.82 Å². The van der Waals surface area contributed by atoms with Gasteiger partial charge in [0.15, 0.2) is 0 Å². The molecular formula is C15H11Cl2FN2O. The highest BCUT2D eigenvalue weighted by Gasteiger charge is 2.10.